The lowest BCUT2D eigenvalue weighted by Gasteiger charge is -2.34. The molecule has 1 aliphatic heterocycles. The molecule has 1 unspecified atom stereocenters. The number of rotatable bonds is 3. The predicted molar refractivity (Wildman–Crippen MR) is 77.2 cm³/mol. The second-order valence-corrected chi connectivity index (χ2v) is 6.18. The molecule has 1 saturated carbocycles. The van der Waals surface area contributed by atoms with Gasteiger partial charge in [-0.3, -0.25) is 4.79 Å². The fourth-order valence-electron chi connectivity index (χ4n) is 3.54. The first kappa shape index (κ1) is 15.3. The summed E-state index contributed by atoms with van der Waals surface area (Å²) in [6.07, 6.45) is 10.8. The lowest BCUT2D eigenvalue weighted by molar-refractivity contribution is -0.155. The second-order valence-electron chi connectivity index (χ2n) is 6.18. The van der Waals surface area contributed by atoms with Crippen molar-refractivity contribution < 1.29 is 14.3 Å². The van der Waals surface area contributed by atoms with Crippen molar-refractivity contribution in [3.63, 3.8) is 0 Å². The Morgan fingerprint density at radius 2 is 1.65 bits per heavy atom. The van der Waals surface area contributed by atoms with Crippen LogP contribution in [0.2, 0.25) is 0 Å². The van der Waals surface area contributed by atoms with E-state index in [4.69, 9.17) is 4.74 Å². The number of carbonyl (C=O) groups is 2. The van der Waals surface area contributed by atoms with Gasteiger partial charge in [-0.25, -0.2) is 4.79 Å². The molecule has 2 fully saturated rings. The van der Waals surface area contributed by atoms with Crippen molar-refractivity contribution in [2.45, 2.75) is 70.3 Å². The minimum Gasteiger partial charge on any atom is -0.467 e. The highest BCUT2D eigenvalue weighted by atomic mass is 16.5. The van der Waals surface area contributed by atoms with Gasteiger partial charge in [0.2, 0.25) is 5.91 Å². The Labute approximate surface area is 121 Å². The molecule has 4 nitrogen and oxygen atoms in total. The van der Waals surface area contributed by atoms with E-state index in [9.17, 15) is 9.59 Å². The van der Waals surface area contributed by atoms with E-state index in [1.165, 1.54) is 45.6 Å². The maximum atomic E-state index is 12.5. The van der Waals surface area contributed by atoms with Crippen LogP contribution >= 0.6 is 0 Å². The molecule has 1 saturated heterocycles. The van der Waals surface area contributed by atoms with Crippen LogP contribution in [0.5, 0.6) is 0 Å². The van der Waals surface area contributed by atoms with Gasteiger partial charge in [-0.15, -0.1) is 0 Å². The fourth-order valence-corrected chi connectivity index (χ4v) is 3.54. The minimum atomic E-state index is -0.341. The van der Waals surface area contributed by atoms with Crippen molar-refractivity contribution in [2.75, 3.05) is 13.7 Å². The minimum absolute atomic E-state index is 0.159. The first-order chi connectivity index (χ1) is 9.72. The number of piperidine rings is 1. The molecule has 0 aromatic heterocycles. The first-order valence-electron chi connectivity index (χ1n) is 8.09. The van der Waals surface area contributed by atoms with Gasteiger partial charge in [-0.1, -0.05) is 25.7 Å². The SMILES string of the molecule is COC(=O)C1CCCCN1C(=O)CC1CCCCCC1. The van der Waals surface area contributed by atoms with Gasteiger partial charge in [0, 0.05) is 13.0 Å². The number of carbonyl (C=O) groups excluding carboxylic acids is 2. The number of hydrogen-bond acceptors (Lipinski definition) is 3. The van der Waals surface area contributed by atoms with Crippen LogP contribution in [-0.2, 0) is 14.3 Å². The Balaban J connectivity index is 1.92. The highest BCUT2D eigenvalue weighted by Gasteiger charge is 2.33. The standard InChI is InChI=1S/C16H27NO3/c1-20-16(19)14-10-6-7-11-17(14)15(18)12-13-8-4-2-3-5-9-13/h13-14H,2-12H2,1H3. The molecular weight excluding hydrogens is 254 g/mol. The number of amides is 1. The number of methoxy groups -OCH3 is 1. The molecule has 1 aliphatic carbocycles. The van der Waals surface area contributed by atoms with Gasteiger partial charge in [0.05, 0.1) is 7.11 Å². The molecule has 1 atom stereocenters. The third-order valence-electron chi connectivity index (χ3n) is 4.73. The monoisotopic (exact) mass is 281 g/mol. The molecular formula is C16H27NO3. The molecule has 0 radical (unpaired) electrons. The average molecular weight is 281 g/mol. The normalized spacial score (nSPS) is 25.1. The van der Waals surface area contributed by atoms with E-state index < -0.39 is 0 Å². The largest absolute Gasteiger partial charge is 0.467 e. The molecule has 114 valence electrons. The number of esters is 1. The van der Waals surface area contributed by atoms with Gasteiger partial charge in [-0.05, 0) is 38.0 Å². The fraction of sp³-hybridized carbons (Fsp3) is 0.875. The molecule has 2 aliphatic rings. The van der Waals surface area contributed by atoms with Gasteiger partial charge < -0.3 is 9.64 Å². The third kappa shape index (κ3) is 3.97. The van der Waals surface area contributed by atoms with E-state index in [2.05, 4.69) is 0 Å². The van der Waals surface area contributed by atoms with E-state index in [0.717, 1.165) is 19.3 Å². The molecule has 0 N–H and O–H groups in total. The summed E-state index contributed by atoms with van der Waals surface area (Å²) in [5.74, 6) is 0.427. The van der Waals surface area contributed by atoms with Gasteiger partial charge in [-0.2, -0.15) is 0 Å². The smallest absolute Gasteiger partial charge is 0.328 e. The average Bonchev–Trinajstić information content (AvgIpc) is 2.75. The maximum absolute atomic E-state index is 12.5. The lowest BCUT2D eigenvalue weighted by Crippen LogP contribution is -2.48. The highest BCUT2D eigenvalue weighted by molar-refractivity contribution is 5.84. The maximum Gasteiger partial charge on any atom is 0.328 e. The number of nitrogens with zero attached hydrogens (tertiary/aromatic N) is 1. The molecule has 0 bridgehead atoms. The first-order valence-corrected chi connectivity index (χ1v) is 8.09. The van der Waals surface area contributed by atoms with E-state index in [1.807, 2.05) is 0 Å². The van der Waals surface area contributed by atoms with Gasteiger partial charge in [0.25, 0.3) is 0 Å². The Bertz CT molecular complexity index is 335. The van der Waals surface area contributed by atoms with Crippen LogP contribution in [0.3, 0.4) is 0 Å². The van der Waals surface area contributed by atoms with Crippen LogP contribution in [0, 0.1) is 5.92 Å². The second kappa shape index (κ2) is 7.65. The van der Waals surface area contributed by atoms with Crippen molar-refractivity contribution in [2.24, 2.45) is 5.92 Å². The summed E-state index contributed by atoms with van der Waals surface area (Å²) in [4.78, 5) is 26.1. The predicted octanol–water partition coefficient (Wildman–Crippen LogP) is 2.90. The van der Waals surface area contributed by atoms with E-state index in [-0.39, 0.29) is 17.9 Å². The van der Waals surface area contributed by atoms with Gasteiger partial charge >= 0.3 is 5.97 Å². The quantitative estimate of drug-likeness (QED) is 0.590. The van der Waals surface area contributed by atoms with Crippen molar-refractivity contribution in [3.8, 4) is 0 Å². The summed E-state index contributed by atoms with van der Waals surface area (Å²) in [5, 5.41) is 0. The van der Waals surface area contributed by atoms with Crippen LogP contribution in [-0.4, -0.2) is 36.5 Å². The zero-order chi connectivity index (χ0) is 14.4. The lowest BCUT2D eigenvalue weighted by atomic mass is 9.94. The molecule has 1 heterocycles. The Hall–Kier alpha value is -1.06. The van der Waals surface area contributed by atoms with Crippen molar-refractivity contribution in [3.05, 3.63) is 0 Å². The van der Waals surface area contributed by atoms with Gasteiger partial charge in [0.1, 0.15) is 6.04 Å². The summed E-state index contributed by atoms with van der Waals surface area (Å²) in [6, 6.07) is -0.341. The van der Waals surface area contributed by atoms with Gasteiger partial charge in [0.15, 0.2) is 0 Å². The van der Waals surface area contributed by atoms with Crippen LogP contribution in [0.1, 0.15) is 64.2 Å². The number of hydrogen-bond donors (Lipinski definition) is 0. The van der Waals surface area contributed by atoms with Crippen molar-refractivity contribution in [1.82, 2.24) is 4.90 Å². The zero-order valence-corrected chi connectivity index (χ0v) is 12.6. The summed E-state index contributed by atoms with van der Waals surface area (Å²) < 4.78 is 4.85. The summed E-state index contributed by atoms with van der Waals surface area (Å²) >= 11 is 0. The summed E-state index contributed by atoms with van der Waals surface area (Å²) in [6.45, 7) is 0.714. The van der Waals surface area contributed by atoms with Crippen LogP contribution in [0.15, 0.2) is 0 Å². The topological polar surface area (TPSA) is 46.6 Å². The van der Waals surface area contributed by atoms with Crippen molar-refractivity contribution >= 4 is 11.9 Å². The molecule has 0 spiro atoms. The van der Waals surface area contributed by atoms with Crippen LogP contribution < -0.4 is 0 Å². The van der Waals surface area contributed by atoms with Crippen LogP contribution in [0.4, 0.5) is 0 Å². The Kier molecular flexibility index (Phi) is 5.86. The van der Waals surface area contributed by atoms with Crippen LogP contribution in [0.25, 0.3) is 0 Å². The van der Waals surface area contributed by atoms with E-state index in [1.54, 1.807) is 4.90 Å². The molecule has 2 rings (SSSR count). The molecule has 1 amide bonds. The summed E-state index contributed by atoms with van der Waals surface area (Å²) in [7, 11) is 1.41. The molecule has 0 aromatic rings. The molecule has 0 aromatic carbocycles. The third-order valence-corrected chi connectivity index (χ3v) is 4.73. The highest BCUT2D eigenvalue weighted by Crippen LogP contribution is 2.27. The number of ether oxygens (including phenoxy) is 1. The Morgan fingerprint density at radius 3 is 2.30 bits per heavy atom. The van der Waals surface area contributed by atoms with Crippen molar-refractivity contribution in [1.29, 1.82) is 0 Å². The summed E-state index contributed by atoms with van der Waals surface area (Å²) in [5.41, 5.74) is 0. The Morgan fingerprint density at radius 1 is 1.00 bits per heavy atom. The number of likely N-dealkylation sites (tertiary alicyclic amines) is 1. The molecule has 20 heavy (non-hydrogen) atoms. The zero-order valence-electron chi connectivity index (χ0n) is 12.6. The van der Waals surface area contributed by atoms with E-state index in [0.29, 0.717) is 18.9 Å². The van der Waals surface area contributed by atoms with E-state index >= 15 is 0 Å². The molecule has 4 heteroatoms.